The predicted octanol–water partition coefficient (Wildman–Crippen LogP) is 3.13. The first-order valence-corrected chi connectivity index (χ1v) is 11.6. The van der Waals surface area contributed by atoms with Crippen LogP contribution in [0.3, 0.4) is 0 Å². The SMILES string of the molecule is CC(=O)NCC#Cc1cc(Nc2cc(C)[nH]n2)nc(N2CCCC2c2cc(-c3ccccn3)no2)n1. The van der Waals surface area contributed by atoms with Crippen LogP contribution in [0.4, 0.5) is 17.6 Å². The van der Waals surface area contributed by atoms with Crippen molar-refractivity contribution in [2.45, 2.75) is 32.7 Å². The molecule has 1 unspecified atom stereocenters. The molecule has 0 spiro atoms. The number of aromatic amines is 1. The van der Waals surface area contributed by atoms with Crippen LogP contribution in [0.25, 0.3) is 11.4 Å². The number of aryl methyl sites for hydroxylation is 1. The summed E-state index contributed by atoms with van der Waals surface area (Å²) < 4.78 is 5.73. The van der Waals surface area contributed by atoms with Gasteiger partial charge in [0.1, 0.15) is 17.2 Å². The number of hydrogen-bond acceptors (Lipinski definition) is 9. The highest BCUT2D eigenvalue weighted by molar-refractivity contribution is 5.73. The molecule has 5 heterocycles. The molecule has 36 heavy (non-hydrogen) atoms. The zero-order valence-corrected chi connectivity index (χ0v) is 19.9. The molecule has 182 valence electrons. The van der Waals surface area contributed by atoms with Gasteiger partial charge in [-0.2, -0.15) is 10.1 Å². The van der Waals surface area contributed by atoms with Crippen LogP contribution >= 0.6 is 0 Å². The van der Waals surface area contributed by atoms with Crippen LogP contribution in [-0.2, 0) is 4.79 Å². The van der Waals surface area contributed by atoms with E-state index >= 15 is 0 Å². The summed E-state index contributed by atoms with van der Waals surface area (Å²) >= 11 is 0. The molecule has 1 fully saturated rings. The van der Waals surface area contributed by atoms with Gasteiger partial charge in [-0.25, -0.2) is 4.98 Å². The van der Waals surface area contributed by atoms with Crippen LogP contribution in [0.15, 0.2) is 47.1 Å². The molecule has 1 atom stereocenters. The molecule has 1 saturated heterocycles. The number of rotatable bonds is 6. The van der Waals surface area contributed by atoms with E-state index in [0.717, 1.165) is 36.5 Å². The molecule has 1 aliphatic heterocycles. The fourth-order valence-electron chi connectivity index (χ4n) is 3.99. The summed E-state index contributed by atoms with van der Waals surface area (Å²) in [6, 6.07) is 11.2. The molecule has 0 radical (unpaired) electrons. The lowest BCUT2D eigenvalue weighted by Gasteiger charge is -2.23. The third kappa shape index (κ3) is 5.33. The lowest BCUT2D eigenvalue weighted by atomic mass is 10.1. The van der Waals surface area contributed by atoms with E-state index in [0.29, 0.717) is 29.0 Å². The van der Waals surface area contributed by atoms with Crippen LogP contribution in [0.2, 0.25) is 0 Å². The van der Waals surface area contributed by atoms with Crippen LogP contribution in [0, 0.1) is 18.8 Å². The number of carbonyl (C=O) groups excluding carboxylic acids is 1. The summed E-state index contributed by atoms with van der Waals surface area (Å²) in [5, 5.41) is 17.3. The smallest absolute Gasteiger partial charge is 0.229 e. The van der Waals surface area contributed by atoms with Gasteiger partial charge in [-0.15, -0.1) is 0 Å². The first-order valence-electron chi connectivity index (χ1n) is 11.6. The Kier molecular flexibility index (Phi) is 6.57. The summed E-state index contributed by atoms with van der Waals surface area (Å²) in [6.45, 7) is 4.37. The molecular weight excluding hydrogens is 458 g/mol. The first-order chi connectivity index (χ1) is 17.5. The van der Waals surface area contributed by atoms with E-state index in [-0.39, 0.29) is 18.5 Å². The zero-order chi connectivity index (χ0) is 24.9. The normalized spacial score (nSPS) is 14.8. The van der Waals surface area contributed by atoms with Gasteiger partial charge < -0.3 is 20.1 Å². The minimum Gasteiger partial charge on any atom is -0.358 e. The van der Waals surface area contributed by atoms with Gasteiger partial charge in [-0.3, -0.25) is 14.9 Å². The van der Waals surface area contributed by atoms with Crippen molar-refractivity contribution in [3.05, 3.63) is 59.7 Å². The summed E-state index contributed by atoms with van der Waals surface area (Å²) in [5.74, 6) is 8.28. The van der Waals surface area contributed by atoms with Crippen molar-refractivity contribution in [1.29, 1.82) is 0 Å². The Bertz CT molecular complexity index is 1420. The molecule has 1 aliphatic rings. The van der Waals surface area contributed by atoms with E-state index in [1.165, 1.54) is 6.92 Å². The van der Waals surface area contributed by atoms with E-state index in [1.807, 2.05) is 37.3 Å². The molecule has 0 aromatic carbocycles. The van der Waals surface area contributed by atoms with Crippen LogP contribution in [0.5, 0.6) is 0 Å². The highest BCUT2D eigenvalue weighted by Gasteiger charge is 2.32. The molecule has 0 saturated carbocycles. The molecule has 4 aromatic rings. The third-order valence-electron chi connectivity index (χ3n) is 5.61. The van der Waals surface area contributed by atoms with E-state index in [9.17, 15) is 4.79 Å². The van der Waals surface area contributed by atoms with Gasteiger partial charge in [0.05, 0.1) is 18.3 Å². The van der Waals surface area contributed by atoms with Gasteiger partial charge in [-0.1, -0.05) is 17.1 Å². The lowest BCUT2D eigenvalue weighted by Crippen LogP contribution is -2.25. The van der Waals surface area contributed by atoms with Gasteiger partial charge >= 0.3 is 0 Å². The van der Waals surface area contributed by atoms with Crippen molar-refractivity contribution in [1.82, 2.24) is 35.6 Å². The van der Waals surface area contributed by atoms with Crippen molar-refractivity contribution < 1.29 is 9.32 Å². The Morgan fingerprint density at radius 1 is 1.22 bits per heavy atom. The van der Waals surface area contributed by atoms with Gasteiger partial charge in [0.15, 0.2) is 11.6 Å². The van der Waals surface area contributed by atoms with E-state index in [1.54, 1.807) is 12.3 Å². The molecule has 0 bridgehead atoms. The quantitative estimate of drug-likeness (QED) is 0.353. The second kappa shape index (κ2) is 10.3. The predicted molar refractivity (Wildman–Crippen MR) is 133 cm³/mol. The van der Waals surface area contributed by atoms with E-state index in [2.05, 4.69) is 47.7 Å². The van der Waals surface area contributed by atoms with Crippen LogP contribution < -0.4 is 15.5 Å². The van der Waals surface area contributed by atoms with E-state index in [4.69, 9.17) is 14.5 Å². The van der Waals surface area contributed by atoms with E-state index < -0.39 is 0 Å². The number of H-pyrrole nitrogens is 1. The van der Waals surface area contributed by atoms with Gasteiger partial charge in [0.2, 0.25) is 11.9 Å². The maximum atomic E-state index is 11.2. The van der Waals surface area contributed by atoms with Gasteiger partial charge in [-0.05, 0) is 37.8 Å². The van der Waals surface area contributed by atoms with Gasteiger partial charge in [0.25, 0.3) is 0 Å². The molecular formula is C25H25N9O2. The number of hydrogen-bond donors (Lipinski definition) is 3. The Morgan fingerprint density at radius 2 is 2.14 bits per heavy atom. The largest absolute Gasteiger partial charge is 0.358 e. The topological polar surface area (TPSA) is 138 Å². The van der Waals surface area contributed by atoms with Crippen molar-refractivity contribution in [2.24, 2.45) is 0 Å². The highest BCUT2D eigenvalue weighted by Crippen LogP contribution is 2.36. The lowest BCUT2D eigenvalue weighted by molar-refractivity contribution is -0.118. The summed E-state index contributed by atoms with van der Waals surface area (Å²) in [6.07, 6.45) is 3.56. The van der Waals surface area contributed by atoms with Gasteiger partial charge in [0, 0.05) is 43.6 Å². The van der Waals surface area contributed by atoms with Crippen LogP contribution in [-0.4, -0.2) is 49.3 Å². The number of anilines is 3. The summed E-state index contributed by atoms with van der Waals surface area (Å²) in [5.41, 5.74) is 2.89. The number of aromatic nitrogens is 6. The highest BCUT2D eigenvalue weighted by atomic mass is 16.5. The maximum absolute atomic E-state index is 11.2. The third-order valence-corrected chi connectivity index (χ3v) is 5.61. The molecule has 5 rings (SSSR count). The van der Waals surface area contributed by atoms with Crippen molar-refractivity contribution in [3.8, 4) is 23.2 Å². The van der Waals surface area contributed by atoms with Crippen LogP contribution in [0.1, 0.15) is 43.0 Å². The standard InChI is InChI=1S/C25H25N9O2/c1-16-13-24(32-31-16)29-23-14-18(7-5-11-26-17(2)35)28-25(30-23)34-12-6-9-21(34)22-15-20(33-36-22)19-8-3-4-10-27-19/h3-4,8,10,13-15,21H,6,9,11-12H2,1-2H3,(H,26,35)(H2,28,29,30,31,32). The number of nitrogens with zero attached hydrogens (tertiary/aromatic N) is 6. The Hall–Kier alpha value is -4.72. The fraction of sp³-hybridized carbons (Fsp3) is 0.280. The summed E-state index contributed by atoms with van der Waals surface area (Å²) in [4.78, 5) is 27.1. The minimum atomic E-state index is -0.138. The monoisotopic (exact) mass is 483 g/mol. The molecule has 3 N–H and O–H groups in total. The number of carbonyl (C=O) groups is 1. The molecule has 4 aromatic heterocycles. The summed E-state index contributed by atoms with van der Waals surface area (Å²) in [7, 11) is 0. The average Bonchev–Trinajstić information content (AvgIpc) is 3.63. The maximum Gasteiger partial charge on any atom is 0.229 e. The molecule has 11 heteroatoms. The second-order valence-corrected chi connectivity index (χ2v) is 8.39. The van der Waals surface area contributed by atoms with Crippen molar-refractivity contribution in [2.75, 3.05) is 23.3 Å². The average molecular weight is 484 g/mol. The Morgan fingerprint density at radius 3 is 2.92 bits per heavy atom. The Balaban J connectivity index is 1.44. The van der Waals surface area contributed by atoms with Crippen molar-refractivity contribution in [3.63, 3.8) is 0 Å². The first kappa shape index (κ1) is 23.0. The Labute approximate surface area is 207 Å². The minimum absolute atomic E-state index is 0.0713. The molecule has 1 amide bonds. The fourth-order valence-corrected chi connectivity index (χ4v) is 3.99. The number of nitrogens with one attached hydrogen (secondary N) is 3. The zero-order valence-electron chi connectivity index (χ0n) is 19.9. The second-order valence-electron chi connectivity index (χ2n) is 8.39. The molecule has 0 aliphatic carbocycles. The van der Waals surface area contributed by atoms with Crippen molar-refractivity contribution >= 4 is 23.5 Å². The molecule has 11 nitrogen and oxygen atoms in total. The number of pyridine rings is 1. The number of amides is 1.